The van der Waals surface area contributed by atoms with Gasteiger partial charge in [-0.2, -0.15) is 13.5 Å². The number of carboxylic acid groups (broad SMARTS) is 1. The molecule has 9 heavy (non-hydrogen) atoms. The van der Waals surface area contributed by atoms with Crippen LogP contribution in [-0.4, -0.2) is 11.1 Å². The second-order valence-electron chi connectivity index (χ2n) is 1.28. The predicted molar refractivity (Wildman–Crippen MR) is 36.0 cm³/mol. The molecule has 3 nitrogen and oxygen atoms in total. The van der Waals surface area contributed by atoms with E-state index < -0.39 is 5.97 Å². The average molecular weight is 146 g/mol. The highest BCUT2D eigenvalue weighted by molar-refractivity contribution is 7.59. The SMILES string of the molecule is O=C(O)c1ccco1.S. The van der Waals surface area contributed by atoms with Gasteiger partial charge in [-0.05, 0) is 12.1 Å². The molecule has 0 unspecified atom stereocenters. The van der Waals surface area contributed by atoms with E-state index in [1.165, 1.54) is 18.4 Å². The van der Waals surface area contributed by atoms with E-state index in [-0.39, 0.29) is 19.3 Å². The number of carboxylic acids is 1. The van der Waals surface area contributed by atoms with Crippen molar-refractivity contribution >= 4 is 19.5 Å². The molecule has 1 heterocycles. The zero-order valence-electron chi connectivity index (χ0n) is 4.50. The summed E-state index contributed by atoms with van der Waals surface area (Å²) in [5.41, 5.74) is 0. The van der Waals surface area contributed by atoms with Crippen molar-refractivity contribution in [2.45, 2.75) is 0 Å². The molecule has 0 spiro atoms. The largest absolute Gasteiger partial charge is 0.475 e. The molecule has 0 saturated carbocycles. The van der Waals surface area contributed by atoms with Crippen molar-refractivity contribution in [2.24, 2.45) is 0 Å². The molecule has 1 rings (SSSR count). The third-order valence-electron chi connectivity index (χ3n) is 0.732. The highest BCUT2D eigenvalue weighted by Gasteiger charge is 2.01. The van der Waals surface area contributed by atoms with Crippen LogP contribution in [0.1, 0.15) is 10.6 Å². The number of hydrogen-bond acceptors (Lipinski definition) is 2. The van der Waals surface area contributed by atoms with E-state index in [9.17, 15) is 4.79 Å². The minimum atomic E-state index is -1.03. The van der Waals surface area contributed by atoms with Gasteiger partial charge in [0.15, 0.2) is 0 Å². The zero-order chi connectivity index (χ0) is 5.98. The van der Waals surface area contributed by atoms with E-state index in [4.69, 9.17) is 5.11 Å². The van der Waals surface area contributed by atoms with Gasteiger partial charge in [0.2, 0.25) is 5.76 Å². The minimum Gasteiger partial charge on any atom is -0.475 e. The Morgan fingerprint density at radius 3 is 2.56 bits per heavy atom. The summed E-state index contributed by atoms with van der Waals surface area (Å²) in [5, 5.41) is 8.18. The normalized spacial score (nSPS) is 8.00. The smallest absolute Gasteiger partial charge is 0.371 e. The Morgan fingerprint density at radius 2 is 2.33 bits per heavy atom. The van der Waals surface area contributed by atoms with Gasteiger partial charge in [0.25, 0.3) is 0 Å². The maximum Gasteiger partial charge on any atom is 0.371 e. The van der Waals surface area contributed by atoms with Crippen LogP contribution in [0.2, 0.25) is 0 Å². The molecule has 0 aromatic carbocycles. The first-order valence-electron chi connectivity index (χ1n) is 2.07. The van der Waals surface area contributed by atoms with Gasteiger partial charge in [-0.25, -0.2) is 4.79 Å². The molecule has 0 aliphatic rings. The lowest BCUT2D eigenvalue weighted by Crippen LogP contribution is -1.90. The molecule has 0 saturated heterocycles. The second-order valence-corrected chi connectivity index (χ2v) is 1.28. The van der Waals surface area contributed by atoms with Crippen LogP contribution in [0.3, 0.4) is 0 Å². The molecular weight excluding hydrogens is 140 g/mol. The first-order valence-corrected chi connectivity index (χ1v) is 2.07. The summed E-state index contributed by atoms with van der Waals surface area (Å²) in [4.78, 5) is 9.97. The van der Waals surface area contributed by atoms with Crippen molar-refractivity contribution < 1.29 is 14.3 Å². The molecule has 0 atom stereocenters. The molecule has 1 aromatic heterocycles. The number of aromatic carboxylic acids is 1. The third-order valence-corrected chi connectivity index (χ3v) is 0.732. The first-order chi connectivity index (χ1) is 3.80. The fraction of sp³-hybridized carbons (Fsp3) is 0. The summed E-state index contributed by atoms with van der Waals surface area (Å²) in [6.45, 7) is 0. The number of carbonyl (C=O) groups is 1. The van der Waals surface area contributed by atoms with Gasteiger partial charge in [-0.3, -0.25) is 0 Å². The Hall–Kier alpha value is -0.900. The van der Waals surface area contributed by atoms with Crippen molar-refractivity contribution in [2.75, 3.05) is 0 Å². The van der Waals surface area contributed by atoms with Crippen LogP contribution in [0.4, 0.5) is 0 Å². The van der Waals surface area contributed by atoms with Crippen LogP contribution < -0.4 is 0 Å². The lowest BCUT2D eigenvalue weighted by Gasteiger charge is -1.79. The average Bonchev–Trinajstić information content (AvgIpc) is 2.12. The Bertz CT molecular complexity index is 180. The summed E-state index contributed by atoms with van der Waals surface area (Å²) in [6.07, 6.45) is 1.32. The lowest BCUT2D eigenvalue weighted by atomic mass is 10.5. The predicted octanol–water partition coefficient (Wildman–Crippen LogP) is 1.09. The van der Waals surface area contributed by atoms with Crippen LogP contribution in [0.5, 0.6) is 0 Å². The van der Waals surface area contributed by atoms with Crippen LogP contribution in [0.15, 0.2) is 22.8 Å². The van der Waals surface area contributed by atoms with E-state index in [1.807, 2.05) is 0 Å². The number of hydrogen-bond donors (Lipinski definition) is 1. The number of furan rings is 1. The van der Waals surface area contributed by atoms with Gasteiger partial charge < -0.3 is 9.52 Å². The standard InChI is InChI=1S/C5H4O3.H2S/c6-5(7)4-2-1-3-8-4;/h1-3H,(H,6,7);1H2. The monoisotopic (exact) mass is 146 g/mol. The van der Waals surface area contributed by atoms with Crippen LogP contribution >= 0.6 is 13.5 Å². The summed E-state index contributed by atoms with van der Waals surface area (Å²) in [5.74, 6) is -1.06. The van der Waals surface area contributed by atoms with Gasteiger partial charge in [0, 0.05) is 0 Å². The van der Waals surface area contributed by atoms with Crippen LogP contribution in [0.25, 0.3) is 0 Å². The Labute approximate surface area is 58.7 Å². The summed E-state index contributed by atoms with van der Waals surface area (Å²) >= 11 is 0. The van der Waals surface area contributed by atoms with Crippen molar-refractivity contribution in [3.63, 3.8) is 0 Å². The van der Waals surface area contributed by atoms with E-state index >= 15 is 0 Å². The molecule has 0 radical (unpaired) electrons. The van der Waals surface area contributed by atoms with Crippen molar-refractivity contribution in [3.05, 3.63) is 24.2 Å². The molecule has 0 aliphatic heterocycles. The van der Waals surface area contributed by atoms with Crippen LogP contribution in [-0.2, 0) is 0 Å². The van der Waals surface area contributed by atoms with E-state index in [1.54, 1.807) is 0 Å². The van der Waals surface area contributed by atoms with Crippen LogP contribution in [0, 0.1) is 0 Å². The van der Waals surface area contributed by atoms with Gasteiger partial charge in [0.1, 0.15) is 0 Å². The highest BCUT2D eigenvalue weighted by atomic mass is 32.1. The topological polar surface area (TPSA) is 50.4 Å². The Kier molecular flexibility index (Phi) is 2.87. The molecule has 0 aliphatic carbocycles. The van der Waals surface area contributed by atoms with Gasteiger partial charge >= 0.3 is 5.97 Å². The van der Waals surface area contributed by atoms with Gasteiger partial charge in [0.05, 0.1) is 6.26 Å². The van der Waals surface area contributed by atoms with Crippen molar-refractivity contribution in [3.8, 4) is 0 Å². The molecule has 1 N–H and O–H groups in total. The molecule has 1 aromatic rings. The fourth-order valence-electron chi connectivity index (χ4n) is 0.400. The summed E-state index contributed by atoms with van der Waals surface area (Å²) < 4.78 is 4.50. The third kappa shape index (κ3) is 1.81. The van der Waals surface area contributed by atoms with Crippen molar-refractivity contribution in [1.82, 2.24) is 0 Å². The van der Waals surface area contributed by atoms with E-state index in [0.29, 0.717) is 0 Å². The molecular formula is C5H6O3S. The zero-order valence-corrected chi connectivity index (χ0v) is 5.50. The van der Waals surface area contributed by atoms with Gasteiger partial charge in [-0.1, -0.05) is 0 Å². The maximum absolute atomic E-state index is 9.97. The molecule has 0 amide bonds. The summed E-state index contributed by atoms with van der Waals surface area (Å²) in [6, 6.07) is 2.92. The van der Waals surface area contributed by atoms with E-state index in [2.05, 4.69) is 4.42 Å². The quantitative estimate of drug-likeness (QED) is 0.645. The second kappa shape index (κ2) is 3.19. The fourth-order valence-corrected chi connectivity index (χ4v) is 0.400. The first kappa shape index (κ1) is 8.10. The Balaban J connectivity index is 0.000000640. The van der Waals surface area contributed by atoms with Crippen molar-refractivity contribution in [1.29, 1.82) is 0 Å². The molecule has 0 fully saturated rings. The molecule has 0 bridgehead atoms. The lowest BCUT2D eigenvalue weighted by molar-refractivity contribution is 0.0662. The van der Waals surface area contributed by atoms with Gasteiger partial charge in [-0.15, -0.1) is 0 Å². The highest BCUT2D eigenvalue weighted by Crippen LogP contribution is 1.97. The molecule has 50 valence electrons. The minimum absolute atomic E-state index is 0. The number of rotatable bonds is 1. The summed E-state index contributed by atoms with van der Waals surface area (Å²) in [7, 11) is 0. The van der Waals surface area contributed by atoms with E-state index in [0.717, 1.165) is 0 Å². The Morgan fingerprint density at radius 1 is 1.67 bits per heavy atom. The molecule has 4 heteroatoms. The maximum atomic E-state index is 9.97.